The lowest BCUT2D eigenvalue weighted by Gasteiger charge is -2.23. The molecule has 5 heteroatoms. The summed E-state index contributed by atoms with van der Waals surface area (Å²) in [6, 6.07) is 25.7. The Labute approximate surface area is 224 Å². The van der Waals surface area contributed by atoms with Crippen molar-refractivity contribution in [1.82, 2.24) is 9.80 Å². The third-order valence-corrected chi connectivity index (χ3v) is 8.65. The van der Waals surface area contributed by atoms with Gasteiger partial charge in [-0.3, -0.25) is 19.5 Å². The Morgan fingerprint density at radius 1 is 0.816 bits per heavy atom. The molecule has 4 aliphatic rings. The van der Waals surface area contributed by atoms with Crippen LogP contribution in [0.1, 0.15) is 43.2 Å². The minimum atomic E-state index is -0.526. The Balaban J connectivity index is 1.08. The van der Waals surface area contributed by atoms with E-state index in [-0.39, 0.29) is 11.8 Å². The van der Waals surface area contributed by atoms with Gasteiger partial charge in [-0.15, -0.1) is 0 Å². The first-order valence-corrected chi connectivity index (χ1v) is 14.0. The van der Waals surface area contributed by atoms with Crippen molar-refractivity contribution in [3.05, 3.63) is 83.9 Å². The van der Waals surface area contributed by atoms with Crippen LogP contribution in [0.15, 0.2) is 77.8 Å². The highest BCUT2D eigenvalue weighted by Crippen LogP contribution is 2.46. The van der Waals surface area contributed by atoms with Gasteiger partial charge in [0, 0.05) is 31.1 Å². The van der Waals surface area contributed by atoms with Gasteiger partial charge in [0.2, 0.25) is 5.91 Å². The second kappa shape index (κ2) is 8.93. The molecule has 3 fully saturated rings. The fourth-order valence-electron chi connectivity index (χ4n) is 5.93. The van der Waals surface area contributed by atoms with E-state index in [1.54, 1.807) is 0 Å². The van der Waals surface area contributed by atoms with E-state index in [1.807, 2.05) is 9.80 Å². The van der Waals surface area contributed by atoms with Gasteiger partial charge in [-0.1, -0.05) is 78.4 Å². The summed E-state index contributed by atoms with van der Waals surface area (Å²) in [6.07, 6.45) is 4.72. The number of amidine groups is 1. The molecule has 2 aliphatic carbocycles. The fraction of sp³-hybridized carbons (Fsp3) is 0.364. The van der Waals surface area contributed by atoms with E-state index >= 15 is 0 Å². The molecule has 2 aliphatic heterocycles. The van der Waals surface area contributed by atoms with E-state index in [0.29, 0.717) is 18.4 Å². The molecule has 1 saturated heterocycles. The molecule has 2 amide bonds. The molecular formula is C33H33N3O2. The number of aryl methyl sites for hydroxylation is 1. The lowest BCUT2D eigenvalue weighted by atomic mass is 9.99. The van der Waals surface area contributed by atoms with Crippen molar-refractivity contribution in [2.24, 2.45) is 16.8 Å². The van der Waals surface area contributed by atoms with Crippen molar-refractivity contribution in [2.45, 2.75) is 44.6 Å². The number of rotatable bonds is 6. The second-order valence-corrected chi connectivity index (χ2v) is 11.6. The topological polar surface area (TPSA) is 53.0 Å². The molecule has 3 aromatic carbocycles. The first-order chi connectivity index (χ1) is 18.5. The van der Waals surface area contributed by atoms with Crippen LogP contribution in [0.3, 0.4) is 0 Å². The van der Waals surface area contributed by atoms with Crippen LogP contribution in [0, 0.1) is 18.8 Å². The minimum Gasteiger partial charge on any atom is -0.342 e. The van der Waals surface area contributed by atoms with Crippen LogP contribution in [0.2, 0.25) is 0 Å². The number of hydrogen-bond acceptors (Lipinski definition) is 3. The number of aliphatic imine (C=N–C) groups is 1. The summed E-state index contributed by atoms with van der Waals surface area (Å²) in [5.74, 6) is 1.84. The van der Waals surface area contributed by atoms with Crippen LogP contribution >= 0.6 is 0 Å². The number of nitrogens with zero attached hydrogens (tertiary/aromatic N) is 3. The summed E-state index contributed by atoms with van der Waals surface area (Å²) in [5, 5.41) is 0. The van der Waals surface area contributed by atoms with Crippen LogP contribution in [0.4, 0.5) is 0 Å². The van der Waals surface area contributed by atoms with Gasteiger partial charge in [0.25, 0.3) is 5.91 Å². The average molecular weight is 504 g/mol. The van der Waals surface area contributed by atoms with E-state index in [9.17, 15) is 9.59 Å². The normalized spacial score (nSPS) is 21.8. The molecule has 192 valence electrons. The molecule has 0 unspecified atom stereocenters. The van der Waals surface area contributed by atoms with Crippen molar-refractivity contribution in [3.63, 3.8) is 0 Å². The van der Waals surface area contributed by atoms with E-state index in [1.165, 1.54) is 22.3 Å². The van der Waals surface area contributed by atoms with Crippen LogP contribution in [0.25, 0.3) is 22.3 Å². The Hall–Kier alpha value is -3.73. The summed E-state index contributed by atoms with van der Waals surface area (Å²) < 4.78 is 0. The molecule has 1 atom stereocenters. The molecule has 0 aromatic heterocycles. The molecule has 38 heavy (non-hydrogen) atoms. The van der Waals surface area contributed by atoms with Gasteiger partial charge in [-0.2, -0.15) is 0 Å². The summed E-state index contributed by atoms with van der Waals surface area (Å²) in [7, 11) is 0. The third-order valence-electron chi connectivity index (χ3n) is 8.65. The lowest BCUT2D eigenvalue weighted by molar-refractivity contribution is -0.131. The van der Waals surface area contributed by atoms with Crippen molar-refractivity contribution in [3.8, 4) is 22.3 Å². The molecular weight excluding hydrogens is 470 g/mol. The van der Waals surface area contributed by atoms with Crippen LogP contribution < -0.4 is 0 Å². The molecule has 2 saturated carbocycles. The van der Waals surface area contributed by atoms with E-state index in [4.69, 9.17) is 4.99 Å². The van der Waals surface area contributed by atoms with Crippen LogP contribution in [-0.4, -0.2) is 52.6 Å². The van der Waals surface area contributed by atoms with Gasteiger partial charge in [0.15, 0.2) is 0 Å². The smallest absolute Gasteiger partial charge is 0.256 e. The zero-order valence-corrected chi connectivity index (χ0v) is 21.9. The third kappa shape index (κ3) is 4.24. The fourth-order valence-corrected chi connectivity index (χ4v) is 5.93. The molecule has 0 bridgehead atoms. The van der Waals surface area contributed by atoms with Crippen molar-refractivity contribution < 1.29 is 9.59 Å². The number of likely N-dealkylation sites (tertiary alicyclic amines) is 1. The highest BCUT2D eigenvalue weighted by Gasteiger charge is 2.57. The largest absolute Gasteiger partial charge is 0.342 e. The maximum atomic E-state index is 13.4. The zero-order chi connectivity index (χ0) is 25.9. The Kier molecular flexibility index (Phi) is 5.50. The number of carbonyl (C=O) groups excluding carboxylic acids is 2. The zero-order valence-electron chi connectivity index (χ0n) is 21.9. The molecule has 7 rings (SSSR count). The summed E-state index contributed by atoms with van der Waals surface area (Å²) in [5.41, 5.74) is 6.47. The Morgan fingerprint density at radius 2 is 1.34 bits per heavy atom. The Bertz CT molecular complexity index is 1410. The number of carbonyl (C=O) groups is 2. The van der Waals surface area contributed by atoms with E-state index in [0.717, 1.165) is 62.2 Å². The number of amides is 2. The monoisotopic (exact) mass is 503 g/mol. The van der Waals surface area contributed by atoms with E-state index in [2.05, 4.69) is 79.7 Å². The minimum absolute atomic E-state index is 0.148. The maximum Gasteiger partial charge on any atom is 0.256 e. The van der Waals surface area contributed by atoms with Crippen molar-refractivity contribution in [2.75, 3.05) is 19.6 Å². The summed E-state index contributed by atoms with van der Waals surface area (Å²) in [4.78, 5) is 34.8. The SMILES string of the molecule is Cc1ccc(-c2ccc(-c3ccc(C4=NC5(CC5)C(=O)N4C[C@H]4CCN(C(=O)C5CC5)C4)cc3)cc2)cc1. The van der Waals surface area contributed by atoms with Gasteiger partial charge >= 0.3 is 0 Å². The molecule has 3 aromatic rings. The first kappa shape index (κ1) is 23.4. The van der Waals surface area contributed by atoms with E-state index < -0.39 is 5.54 Å². The van der Waals surface area contributed by atoms with Gasteiger partial charge < -0.3 is 4.90 Å². The maximum absolute atomic E-state index is 13.4. The molecule has 1 spiro atoms. The molecule has 0 N–H and O–H groups in total. The number of hydrogen-bond donors (Lipinski definition) is 0. The van der Waals surface area contributed by atoms with Gasteiger partial charge in [-0.05, 0) is 67.2 Å². The highest BCUT2D eigenvalue weighted by molar-refractivity contribution is 6.16. The van der Waals surface area contributed by atoms with Crippen LogP contribution in [0.5, 0.6) is 0 Å². The first-order valence-electron chi connectivity index (χ1n) is 14.0. The number of benzene rings is 3. The van der Waals surface area contributed by atoms with Gasteiger partial charge in [0.05, 0.1) is 0 Å². The predicted molar refractivity (Wildman–Crippen MR) is 150 cm³/mol. The summed E-state index contributed by atoms with van der Waals surface area (Å²) >= 11 is 0. The van der Waals surface area contributed by atoms with Crippen molar-refractivity contribution in [1.29, 1.82) is 0 Å². The van der Waals surface area contributed by atoms with Gasteiger partial charge in [0.1, 0.15) is 11.4 Å². The molecule has 0 radical (unpaired) electrons. The second-order valence-electron chi connectivity index (χ2n) is 11.6. The van der Waals surface area contributed by atoms with Crippen LogP contribution in [-0.2, 0) is 9.59 Å². The molecule has 2 heterocycles. The lowest BCUT2D eigenvalue weighted by Crippen LogP contribution is -2.40. The van der Waals surface area contributed by atoms with Crippen molar-refractivity contribution >= 4 is 17.6 Å². The molecule has 5 nitrogen and oxygen atoms in total. The quantitative estimate of drug-likeness (QED) is 0.433. The van der Waals surface area contributed by atoms with Gasteiger partial charge in [-0.25, -0.2) is 0 Å². The Morgan fingerprint density at radius 3 is 1.87 bits per heavy atom. The summed E-state index contributed by atoms with van der Waals surface area (Å²) in [6.45, 7) is 4.33. The average Bonchev–Trinajstić information content (AvgIpc) is 3.87. The highest BCUT2D eigenvalue weighted by atomic mass is 16.2. The standard InChI is InChI=1S/C33H33N3O2/c1-22-2-4-24(5-3-22)25-6-8-26(9-7-25)27-10-12-28(13-11-27)30-34-33(17-18-33)32(38)36(30)21-23-16-19-35(20-23)31(37)29-14-15-29/h2-13,23,29H,14-21H2,1H3/t23-/m0/s1. The predicted octanol–water partition coefficient (Wildman–Crippen LogP) is 5.71.